The van der Waals surface area contributed by atoms with Gasteiger partial charge in [-0.15, -0.1) is 0 Å². The van der Waals surface area contributed by atoms with Gasteiger partial charge in [0.2, 0.25) is 10.0 Å². The Bertz CT molecular complexity index is 1120. The largest absolute Gasteiger partial charge is 0.321 e. The van der Waals surface area contributed by atoms with Gasteiger partial charge in [0.1, 0.15) is 0 Å². The van der Waals surface area contributed by atoms with Crippen LogP contribution >= 0.6 is 0 Å². The average Bonchev–Trinajstić information content (AvgIpc) is 2.74. The number of amides is 1. The Kier molecular flexibility index (Phi) is 5.65. The number of fused-ring (bicyclic) bond motifs is 1. The van der Waals surface area contributed by atoms with Gasteiger partial charge in [-0.3, -0.25) is 4.79 Å². The van der Waals surface area contributed by atoms with E-state index in [-0.39, 0.29) is 16.8 Å². The summed E-state index contributed by atoms with van der Waals surface area (Å²) in [5.74, 6) is -0.230. The van der Waals surface area contributed by atoms with E-state index in [4.69, 9.17) is 0 Å². The zero-order valence-electron chi connectivity index (χ0n) is 16.1. The molecule has 0 bridgehead atoms. The van der Waals surface area contributed by atoms with Crippen LogP contribution in [0.15, 0.2) is 71.6 Å². The number of carbonyl (C=O) groups excluding carboxylic acids is 1. The van der Waals surface area contributed by atoms with Gasteiger partial charge in [-0.1, -0.05) is 61.7 Å². The highest BCUT2D eigenvalue weighted by atomic mass is 32.2. The van der Waals surface area contributed by atoms with Gasteiger partial charge in [-0.05, 0) is 37.1 Å². The van der Waals surface area contributed by atoms with Gasteiger partial charge in [0, 0.05) is 28.1 Å². The summed E-state index contributed by atoms with van der Waals surface area (Å²) in [5, 5.41) is 4.20. The Balaban J connectivity index is 1.67. The summed E-state index contributed by atoms with van der Waals surface area (Å²) >= 11 is 0. The smallest absolute Gasteiger partial charge is 0.255 e. The molecule has 0 spiro atoms. The highest BCUT2D eigenvalue weighted by Crippen LogP contribution is 2.30. The minimum atomic E-state index is -3.65. The van der Waals surface area contributed by atoms with E-state index in [0.29, 0.717) is 22.0 Å². The van der Waals surface area contributed by atoms with Crippen molar-refractivity contribution in [3.8, 4) is 0 Å². The van der Waals surface area contributed by atoms with Crippen LogP contribution in [-0.4, -0.2) is 20.4 Å². The van der Waals surface area contributed by atoms with Gasteiger partial charge < -0.3 is 5.32 Å². The zero-order chi connectivity index (χ0) is 20.3. The van der Waals surface area contributed by atoms with Crippen LogP contribution in [0.5, 0.6) is 0 Å². The number of carbonyl (C=O) groups is 1. The van der Waals surface area contributed by atoms with Crippen molar-refractivity contribution in [3.63, 3.8) is 0 Å². The summed E-state index contributed by atoms with van der Waals surface area (Å²) in [7, 11) is -3.65. The normalized spacial score (nSPS) is 15.3. The molecule has 1 amide bonds. The van der Waals surface area contributed by atoms with E-state index < -0.39 is 10.0 Å². The van der Waals surface area contributed by atoms with Gasteiger partial charge >= 0.3 is 0 Å². The first-order chi connectivity index (χ1) is 14.0. The molecule has 2 N–H and O–H groups in total. The number of anilines is 1. The van der Waals surface area contributed by atoms with Crippen molar-refractivity contribution in [2.75, 3.05) is 5.32 Å². The molecule has 1 aliphatic rings. The van der Waals surface area contributed by atoms with Crippen LogP contribution in [0, 0.1) is 0 Å². The highest BCUT2D eigenvalue weighted by Gasteiger charge is 2.24. The Hall–Kier alpha value is -2.70. The first-order valence-corrected chi connectivity index (χ1v) is 11.4. The maximum Gasteiger partial charge on any atom is 0.255 e. The fourth-order valence-corrected chi connectivity index (χ4v) is 5.44. The first kappa shape index (κ1) is 19.6. The van der Waals surface area contributed by atoms with Crippen LogP contribution in [0.25, 0.3) is 10.8 Å². The van der Waals surface area contributed by atoms with Crippen LogP contribution in [0.4, 0.5) is 5.69 Å². The molecule has 1 aliphatic carbocycles. The van der Waals surface area contributed by atoms with E-state index >= 15 is 0 Å². The van der Waals surface area contributed by atoms with Crippen LogP contribution in [0.2, 0.25) is 0 Å². The van der Waals surface area contributed by atoms with E-state index in [9.17, 15) is 13.2 Å². The van der Waals surface area contributed by atoms with E-state index in [0.717, 1.165) is 32.1 Å². The number of hydrogen-bond donors (Lipinski definition) is 2. The lowest BCUT2D eigenvalue weighted by Crippen LogP contribution is -2.36. The van der Waals surface area contributed by atoms with Gasteiger partial charge in [-0.2, -0.15) is 0 Å². The Morgan fingerprint density at radius 1 is 0.793 bits per heavy atom. The average molecular weight is 409 g/mol. The van der Waals surface area contributed by atoms with Gasteiger partial charge in [0.15, 0.2) is 0 Å². The fraction of sp³-hybridized carbons (Fsp3) is 0.261. The molecule has 0 unspecified atom stereocenters. The zero-order valence-corrected chi connectivity index (χ0v) is 16.9. The van der Waals surface area contributed by atoms with Crippen LogP contribution in [0.1, 0.15) is 42.5 Å². The number of rotatable bonds is 5. The van der Waals surface area contributed by atoms with E-state index in [1.54, 1.807) is 54.6 Å². The summed E-state index contributed by atoms with van der Waals surface area (Å²) in [6.45, 7) is 0. The summed E-state index contributed by atoms with van der Waals surface area (Å²) in [6.07, 6.45) is 5.03. The summed E-state index contributed by atoms with van der Waals surface area (Å²) < 4.78 is 29.0. The van der Waals surface area contributed by atoms with Gasteiger partial charge in [0.25, 0.3) is 5.91 Å². The van der Waals surface area contributed by atoms with Crippen molar-refractivity contribution in [3.05, 3.63) is 72.3 Å². The monoisotopic (exact) mass is 408 g/mol. The topological polar surface area (TPSA) is 75.3 Å². The maximum absolute atomic E-state index is 13.1. The second-order valence-electron chi connectivity index (χ2n) is 7.43. The predicted molar refractivity (Wildman–Crippen MR) is 116 cm³/mol. The standard InChI is InChI=1S/C23H24N2O3S/c26-23(17-9-3-1-4-10-17)24-21-15-7-14-20-19(21)13-8-16-22(20)29(27,28)25-18-11-5-2-6-12-18/h1,3-4,7-10,13-16,18,25H,2,5-6,11-12H2,(H,24,26). The third kappa shape index (κ3) is 4.33. The summed E-state index contributed by atoms with van der Waals surface area (Å²) in [6, 6.07) is 19.4. The van der Waals surface area contributed by atoms with Gasteiger partial charge in [0.05, 0.1) is 4.90 Å². The van der Waals surface area contributed by atoms with Crippen LogP contribution < -0.4 is 10.0 Å². The summed E-state index contributed by atoms with van der Waals surface area (Å²) in [4.78, 5) is 12.8. The van der Waals surface area contributed by atoms with Crippen molar-refractivity contribution in [1.82, 2.24) is 4.72 Å². The Morgan fingerprint density at radius 3 is 2.24 bits per heavy atom. The highest BCUT2D eigenvalue weighted by molar-refractivity contribution is 7.89. The van der Waals surface area contributed by atoms with E-state index in [1.807, 2.05) is 12.1 Å². The first-order valence-electron chi connectivity index (χ1n) is 9.95. The second-order valence-corrected chi connectivity index (χ2v) is 9.12. The molecular formula is C23H24N2O3S. The molecule has 0 radical (unpaired) electrons. The molecule has 3 aromatic carbocycles. The molecule has 29 heavy (non-hydrogen) atoms. The number of sulfonamides is 1. The number of hydrogen-bond acceptors (Lipinski definition) is 3. The van der Waals surface area contributed by atoms with Crippen molar-refractivity contribution in [2.45, 2.75) is 43.0 Å². The molecule has 0 saturated heterocycles. The predicted octanol–water partition coefficient (Wildman–Crippen LogP) is 4.70. The fourth-order valence-electron chi connectivity index (χ4n) is 3.91. The third-order valence-electron chi connectivity index (χ3n) is 5.38. The number of nitrogens with one attached hydrogen (secondary N) is 2. The van der Waals surface area contributed by atoms with Crippen molar-refractivity contribution >= 4 is 32.4 Å². The van der Waals surface area contributed by atoms with Crippen LogP contribution in [0.3, 0.4) is 0 Å². The molecular weight excluding hydrogens is 384 g/mol. The van der Waals surface area contributed by atoms with E-state index in [2.05, 4.69) is 10.0 Å². The number of benzene rings is 3. The molecule has 6 heteroatoms. The molecule has 0 heterocycles. The molecule has 4 rings (SSSR count). The van der Waals surface area contributed by atoms with Crippen molar-refractivity contribution < 1.29 is 13.2 Å². The Morgan fingerprint density at radius 2 is 1.48 bits per heavy atom. The van der Waals surface area contributed by atoms with E-state index in [1.165, 1.54) is 0 Å². The molecule has 1 fully saturated rings. The lowest BCUT2D eigenvalue weighted by molar-refractivity contribution is 0.102. The molecule has 3 aromatic rings. The Labute approximate surface area is 171 Å². The third-order valence-corrected chi connectivity index (χ3v) is 6.96. The minimum Gasteiger partial charge on any atom is -0.321 e. The lowest BCUT2D eigenvalue weighted by atomic mass is 9.96. The van der Waals surface area contributed by atoms with Gasteiger partial charge in [-0.25, -0.2) is 13.1 Å². The molecule has 150 valence electrons. The molecule has 0 aromatic heterocycles. The van der Waals surface area contributed by atoms with Crippen molar-refractivity contribution in [1.29, 1.82) is 0 Å². The lowest BCUT2D eigenvalue weighted by Gasteiger charge is -2.23. The molecule has 5 nitrogen and oxygen atoms in total. The van der Waals surface area contributed by atoms with Crippen molar-refractivity contribution in [2.24, 2.45) is 0 Å². The minimum absolute atomic E-state index is 0.00929. The maximum atomic E-state index is 13.1. The molecule has 0 atom stereocenters. The molecule has 1 saturated carbocycles. The quantitative estimate of drug-likeness (QED) is 0.642. The summed E-state index contributed by atoms with van der Waals surface area (Å²) in [5.41, 5.74) is 1.14. The molecule has 0 aliphatic heterocycles. The SMILES string of the molecule is O=C(Nc1cccc2c(S(=O)(=O)NC3CCCCC3)cccc12)c1ccccc1. The second kappa shape index (κ2) is 8.35. The van der Waals surface area contributed by atoms with Crippen LogP contribution in [-0.2, 0) is 10.0 Å².